The molecule has 1 aliphatic rings. The van der Waals surface area contributed by atoms with Crippen LogP contribution in [0.3, 0.4) is 0 Å². The van der Waals surface area contributed by atoms with E-state index >= 15 is 0 Å². The molecule has 12 nitrogen and oxygen atoms in total. The Morgan fingerprint density at radius 3 is 2.77 bits per heavy atom. The van der Waals surface area contributed by atoms with E-state index in [1.807, 2.05) is 0 Å². The summed E-state index contributed by atoms with van der Waals surface area (Å²) >= 11 is 10.5. The zero-order valence-corrected chi connectivity index (χ0v) is 25.3. The first-order valence-electron chi connectivity index (χ1n) is 12.4. The molecule has 4 heterocycles. The predicted molar refractivity (Wildman–Crippen MR) is 148 cm³/mol. The van der Waals surface area contributed by atoms with E-state index < -0.39 is 48.0 Å². The molecule has 0 aliphatic carbocycles. The van der Waals surface area contributed by atoms with Crippen molar-refractivity contribution in [3.05, 3.63) is 46.0 Å². The van der Waals surface area contributed by atoms with Crippen LogP contribution in [-0.2, 0) is 9.47 Å². The van der Waals surface area contributed by atoms with Gasteiger partial charge in [0.25, 0.3) is 5.91 Å². The van der Waals surface area contributed by atoms with Gasteiger partial charge >= 0.3 is 0 Å². The SMILES string of the molecule is CCN(CC(C)(C)F)C(=O)c1ncc(Br)cc1S[C@H]1OC(CO)[C@H](O)[C@H](n2cc(-n3ccc(Cl)n3)nn2)C1OC. The number of aliphatic hydroxyl groups excluding tert-OH is 2. The summed E-state index contributed by atoms with van der Waals surface area (Å²) in [6.45, 7) is 4.27. The Kier molecular flexibility index (Phi) is 9.86. The highest BCUT2D eigenvalue weighted by atomic mass is 79.9. The Morgan fingerprint density at radius 2 is 2.17 bits per heavy atom. The van der Waals surface area contributed by atoms with Crippen LogP contribution in [0, 0.1) is 0 Å². The third kappa shape index (κ3) is 6.83. The summed E-state index contributed by atoms with van der Waals surface area (Å²) in [5.74, 6) is -0.0909. The van der Waals surface area contributed by atoms with Crippen LogP contribution in [0.2, 0.25) is 5.15 Å². The first-order chi connectivity index (χ1) is 18.9. The molecule has 1 saturated heterocycles. The summed E-state index contributed by atoms with van der Waals surface area (Å²) in [5.41, 5.74) is -2.31. The van der Waals surface area contributed by atoms with E-state index in [1.54, 1.807) is 31.5 Å². The number of pyridine rings is 1. The van der Waals surface area contributed by atoms with Gasteiger partial charge in [0.05, 0.1) is 19.3 Å². The number of methoxy groups -OCH3 is 1. The summed E-state index contributed by atoms with van der Waals surface area (Å²) in [4.78, 5) is 19.6. The Morgan fingerprint density at radius 1 is 1.43 bits per heavy atom. The second-order valence-electron chi connectivity index (χ2n) is 9.70. The molecule has 3 aromatic heterocycles. The maximum Gasteiger partial charge on any atom is 0.273 e. The van der Waals surface area contributed by atoms with Gasteiger partial charge in [-0.15, -0.1) is 5.10 Å². The van der Waals surface area contributed by atoms with E-state index in [2.05, 4.69) is 36.3 Å². The van der Waals surface area contributed by atoms with Crippen LogP contribution in [-0.4, -0.2) is 107 Å². The van der Waals surface area contributed by atoms with Gasteiger partial charge in [0, 0.05) is 35.4 Å². The molecule has 4 rings (SSSR count). The number of amides is 1. The number of carbonyl (C=O) groups excluding carboxylic acids is 1. The smallest absolute Gasteiger partial charge is 0.273 e. The Hall–Kier alpha value is -2.14. The van der Waals surface area contributed by atoms with Crippen molar-refractivity contribution >= 4 is 45.2 Å². The van der Waals surface area contributed by atoms with Gasteiger partial charge in [-0.25, -0.2) is 18.7 Å². The van der Waals surface area contributed by atoms with Crippen LogP contribution in [0.5, 0.6) is 0 Å². The topological polar surface area (TPSA) is 141 Å². The van der Waals surface area contributed by atoms with Gasteiger partial charge in [-0.3, -0.25) is 4.79 Å². The lowest BCUT2D eigenvalue weighted by atomic mass is 9.97. The molecular formula is C24H30BrClFN7O5S. The lowest BCUT2D eigenvalue weighted by molar-refractivity contribution is -0.186. The minimum atomic E-state index is -1.60. The van der Waals surface area contributed by atoms with Crippen molar-refractivity contribution in [3.8, 4) is 5.82 Å². The number of thioether (sulfide) groups is 1. The third-order valence-corrected chi connectivity index (χ3v) is 8.00. The standard InChI is InChI=1S/C24H30BrClFN7O5S/c1-5-32(12-24(2,3)27)22(37)18-15(8-13(25)9-28-18)40-23-21(38-4)19(20(36)14(11-35)39-23)34-10-17(29-31-34)33-7-6-16(26)30-33/h6-10,14,19-21,23,35-36H,5,11-12H2,1-4H3/t14?,19-,20-,21?,23+/m0/s1. The molecular weight excluding hydrogens is 633 g/mol. The monoisotopic (exact) mass is 661 g/mol. The number of halogens is 3. The zero-order chi connectivity index (χ0) is 29.2. The summed E-state index contributed by atoms with van der Waals surface area (Å²) < 4.78 is 29.8. The molecule has 218 valence electrons. The third-order valence-electron chi connectivity index (χ3n) is 6.19. The second kappa shape index (κ2) is 12.8. The number of hydrogen-bond donors (Lipinski definition) is 2. The largest absolute Gasteiger partial charge is 0.394 e. The molecule has 0 spiro atoms. The van der Waals surface area contributed by atoms with Crippen LogP contribution in [0.4, 0.5) is 4.39 Å². The van der Waals surface area contributed by atoms with Crippen molar-refractivity contribution in [1.29, 1.82) is 0 Å². The van der Waals surface area contributed by atoms with Crippen molar-refractivity contribution < 1.29 is 28.9 Å². The van der Waals surface area contributed by atoms with Crippen molar-refractivity contribution in [2.24, 2.45) is 0 Å². The van der Waals surface area contributed by atoms with Crippen molar-refractivity contribution in [3.63, 3.8) is 0 Å². The Labute approximate surface area is 247 Å². The number of aliphatic hydroxyl groups is 2. The molecule has 1 fully saturated rings. The molecule has 0 radical (unpaired) electrons. The van der Waals surface area contributed by atoms with Crippen LogP contribution in [0.25, 0.3) is 5.82 Å². The molecule has 16 heteroatoms. The Balaban J connectivity index is 1.67. The van der Waals surface area contributed by atoms with Gasteiger partial charge in [-0.1, -0.05) is 28.6 Å². The fourth-order valence-electron chi connectivity index (χ4n) is 4.38. The molecule has 3 aromatic rings. The minimum absolute atomic E-state index is 0.109. The zero-order valence-electron chi connectivity index (χ0n) is 22.2. The number of ether oxygens (including phenoxy) is 2. The molecule has 5 atom stereocenters. The van der Waals surface area contributed by atoms with Crippen molar-refractivity contribution in [2.45, 2.75) is 61.1 Å². The molecule has 0 aromatic carbocycles. The molecule has 1 aliphatic heterocycles. The number of alkyl halides is 1. The predicted octanol–water partition coefficient (Wildman–Crippen LogP) is 2.91. The van der Waals surface area contributed by atoms with E-state index in [9.17, 15) is 19.4 Å². The molecule has 40 heavy (non-hydrogen) atoms. The fraction of sp³-hybridized carbons (Fsp3) is 0.542. The molecule has 0 bridgehead atoms. The van der Waals surface area contributed by atoms with Crippen LogP contribution in [0.15, 0.2) is 40.1 Å². The summed E-state index contributed by atoms with van der Waals surface area (Å²) in [5, 5.41) is 33.8. The van der Waals surface area contributed by atoms with Crippen molar-refractivity contribution in [1.82, 2.24) is 34.7 Å². The summed E-state index contributed by atoms with van der Waals surface area (Å²) in [6, 6.07) is 2.47. The number of rotatable bonds is 10. The average Bonchev–Trinajstić information content (AvgIpc) is 3.56. The van der Waals surface area contributed by atoms with Gasteiger partial charge < -0.3 is 24.6 Å². The summed E-state index contributed by atoms with van der Waals surface area (Å²) in [6.07, 6.45) is 1.64. The quantitative estimate of drug-likeness (QED) is 0.333. The minimum Gasteiger partial charge on any atom is -0.394 e. The van der Waals surface area contributed by atoms with Crippen LogP contribution >= 0.6 is 39.3 Å². The molecule has 2 unspecified atom stereocenters. The van der Waals surface area contributed by atoms with E-state index in [4.69, 9.17) is 21.1 Å². The highest BCUT2D eigenvalue weighted by molar-refractivity contribution is 9.10. The number of aromatic nitrogens is 6. The maximum atomic E-state index is 14.4. The summed E-state index contributed by atoms with van der Waals surface area (Å²) in [7, 11) is 1.46. The number of nitrogens with zero attached hydrogens (tertiary/aromatic N) is 7. The van der Waals surface area contributed by atoms with Gasteiger partial charge in [0.2, 0.25) is 0 Å². The average molecular weight is 663 g/mol. The van der Waals surface area contributed by atoms with E-state index in [1.165, 1.54) is 41.4 Å². The van der Waals surface area contributed by atoms with E-state index in [0.717, 1.165) is 11.8 Å². The maximum absolute atomic E-state index is 14.4. The highest BCUT2D eigenvalue weighted by Crippen LogP contribution is 2.41. The lowest BCUT2D eigenvalue weighted by Crippen LogP contribution is -2.55. The number of hydrogen-bond acceptors (Lipinski definition) is 10. The first-order valence-corrected chi connectivity index (χ1v) is 14.4. The van der Waals surface area contributed by atoms with E-state index in [-0.39, 0.29) is 23.9 Å². The molecule has 0 saturated carbocycles. The number of carbonyl (C=O) groups is 1. The van der Waals surface area contributed by atoms with Gasteiger partial charge in [0.15, 0.2) is 11.0 Å². The van der Waals surface area contributed by atoms with Crippen molar-refractivity contribution in [2.75, 3.05) is 26.8 Å². The first kappa shape index (κ1) is 30.8. The fourth-order valence-corrected chi connectivity index (χ4v) is 6.31. The van der Waals surface area contributed by atoms with E-state index in [0.29, 0.717) is 15.2 Å². The molecule has 2 N–H and O–H groups in total. The Bertz CT molecular complexity index is 1320. The lowest BCUT2D eigenvalue weighted by Gasteiger charge is -2.43. The molecule has 1 amide bonds. The van der Waals surface area contributed by atoms with Crippen LogP contribution in [0.1, 0.15) is 37.3 Å². The normalized spacial score (nSPS) is 23.4. The van der Waals surface area contributed by atoms with Gasteiger partial charge in [0.1, 0.15) is 41.2 Å². The van der Waals surface area contributed by atoms with Gasteiger partial charge in [-0.2, -0.15) is 5.10 Å². The van der Waals surface area contributed by atoms with Crippen LogP contribution < -0.4 is 0 Å². The highest BCUT2D eigenvalue weighted by Gasteiger charge is 2.48. The second-order valence-corrected chi connectivity index (χ2v) is 12.1. The van der Waals surface area contributed by atoms with Gasteiger partial charge in [-0.05, 0) is 48.8 Å².